The van der Waals surface area contributed by atoms with Crippen LogP contribution in [0, 0.1) is 5.92 Å². The molecule has 8 nitrogen and oxygen atoms in total. The second-order valence-electron chi connectivity index (χ2n) is 6.75. The van der Waals surface area contributed by atoms with Gasteiger partial charge in [-0.25, -0.2) is 0 Å². The number of nitrogens with one attached hydrogen (secondary N) is 2. The van der Waals surface area contributed by atoms with Gasteiger partial charge in [-0.15, -0.1) is 0 Å². The Hall–Kier alpha value is -1.93. The molecule has 1 saturated heterocycles. The highest BCUT2D eigenvalue weighted by Gasteiger charge is 2.30. The van der Waals surface area contributed by atoms with E-state index in [4.69, 9.17) is 0 Å². The van der Waals surface area contributed by atoms with Crippen molar-refractivity contribution >= 4 is 11.8 Å². The molecule has 1 atom stereocenters. The molecule has 2 N–H and O–H groups in total. The Kier molecular flexibility index (Phi) is 5.15. The third kappa shape index (κ3) is 3.76. The molecule has 3 heterocycles. The molecule has 0 bridgehead atoms. The summed E-state index contributed by atoms with van der Waals surface area (Å²) in [5, 5.41) is 10.5. The maximum atomic E-state index is 12.5. The Morgan fingerprint density at radius 3 is 2.96 bits per heavy atom. The largest absolute Gasteiger partial charge is 0.349 e. The molecule has 132 valence electrons. The van der Waals surface area contributed by atoms with E-state index in [2.05, 4.69) is 15.7 Å². The van der Waals surface area contributed by atoms with Crippen molar-refractivity contribution in [1.29, 1.82) is 0 Å². The smallest absolute Gasteiger partial charge is 0.271 e. The van der Waals surface area contributed by atoms with Gasteiger partial charge in [0.15, 0.2) is 5.69 Å². The quantitative estimate of drug-likeness (QED) is 0.731. The molecule has 3 rings (SSSR count). The van der Waals surface area contributed by atoms with E-state index < -0.39 is 0 Å². The van der Waals surface area contributed by atoms with Gasteiger partial charge in [-0.3, -0.25) is 14.3 Å². The van der Waals surface area contributed by atoms with E-state index >= 15 is 0 Å². The minimum atomic E-state index is -0.156. The van der Waals surface area contributed by atoms with Gasteiger partial charge in [-0.2, -0.15) is 5.10 Å². The molecule has 1 unspecified atom stereocenters. The molecule has 1 fully saturated rings. The first-order valence-electron chi connectivity index (χ1n) is 8.54. The van der Waals surface area contributed by atoms with E-state index in [0.29, 0.717) is 31.9 Å². The van der Waals surface area contributed by atoms with Gasteiger partial charge in [0.25, 0.3) is 5.91 Å². The second kappa shape index (κ2) is 7.31. The standard InChI is InChI=1S/C16H26N6O2/c1-20(2)6-5-18-15(23)14-9-13-11-21(7-8-22(13)19-14)16(24)12-3-4-17-10-12/h9,12,17H,3-8,10-11H2,1-2H3,(H,18,23). The fourth-order valence-corrected chi connectivity index (χ4v) is 3.17. The van der Waals surface area contributed by atoms with Crippen molar-refractivity contribution in [3.05, 3.63) is 17.5 Å². The lowest BCUT2D eigenvalue weighted by Gasteiger charge is -2.29. The van der Waals surface area contributed by atoms with Crippen molar-refractivity contribution in [3.63, 3.8) is 0 Å². The van der Waals surface area contributed by atoms with E-state index in [0.717, 1.165) is 31.7 Å². The third-order valence-electron chi connectivity index (χ3n) is 4.60. The molecular weight excluding hydrogens is 308 g/mol. The van der Waals surface area contributed by atoms with Crippen LogP contribution in [0.4, 0.5) is 0 Å². The summed E-state index contributed by atoms with van der Waals surface area (Å²) in [6, 6.07) is 1.80. The topological polar surface area (TPSA) is 82.5 Å². The SMILES string of the molecule is CN(C)CCNC(=O)c1cc2n(n1)CCN(C(=O)C1CCNC1)C2. The molecular formula is C16H26N6O2. The van der Waals surface area contributed by atoms with Gasteiger partial charge in [-0.05, 0) is 33.1 Å². The van der Waals surface area contributed by atoms with Crippen LogP contribution >= 0.6 is 0 Å². The van der Waals surface area contributed by atoms with Crippen LogP contribution in [-0.4, -0.2) is 78.2 Å². The average molecular weight is 334 g/mol. The fourth-order valence-electron chi connectivity index (χ4n) is 3.17. The first-order chi connectivity index (χ1) is 11.5. The van der Waals surface area contributed by atoms with Crippen LogP contribution in [0.1, 0.15) is 22.6 Å². The number of aromatic nitrogens is 2. The van der Waals surface area contributed by atoms with Crippen LogP contribution in [0.3, 0.4) is 0 Å². The Morgan fingerprint density at radius 1 is 1.42 bits per heavy atom. The lowest BCUT2D eigenvalue weighted by Crippen LogP contribution is -2.42. The van der Waals surface area contributed by atoms with Crippen molar-refractivity contribution in [1.82, 2.24) is 30.2 Å². The molecule has 1 aromatic rings. The molecule has 2 amide bonds. The first-order valence-corrected chi connectivity index (χ1v) is 8.54. The van der Waals surface area contributed by atoms with Crippen molar-refractivity contribution in [2.24, 2.45) is 5.92 Å². The lowest BCUT2D eigenvalue weighted by molar-refractivity contribution is -0.136. The molecule has 8 heteroatoms. The highest BCUT2D eigenvalue weighted by Crippen LogP contribution is 2.18. The van der Waals surface area contributed by atoms with Gasteiger partial charge >= 0.3 is 0 Å². The molecule has 2 aliphatic heterocycles. The summed E-state index contributed by atoms with van der Waals surface area (Å²) in [6.45, 7) is 4.91. The zero-order valence-electron chi connectivity index (χ0n) is 14.4. The second-order valence-corrected chi connectivity index (χ2v) is 6.75. The minimum absolute atomic E-state index is 0.0910. The van der Waals surface area contributed by atoms with Gasteiger partial charge in [0.2, 0.25) is 5.91 Å². The third-order valence-corrected chi connectivity index (χ3v) is 4.60. The monoisotopic (exact) mass is 334 g/mol. The minimum Gasteiger partial charge on any atom is -0.349 e. The van der Waals surface area contributed by atoms with E-state index in [-0.39, 0.29) is 17.7 Å². The Morgan fingerprint density at radius 2 is 2.25 bits per heavy atom. The number of carbonyl (C=O) groups is 2. The number of hydrogen-bond donors (Lipinski definition) is 2. The maximum absolute atomic E-state index is 12.5. The number of amides is 2. The van der Waals surface area contributed by atoms with Crippen molar-refractivity contribution < 1.29 is 9.59 Å². The van der Waals surface area contributed by atoms with Gasteiger partial charge in [0.05, 0.1) is 24.7 Å². The number of likely N-dealkylation sites (N-methyl/N-ethyl adjacent to an activating group) is 1. The summed E-state index contributed by atoms with van der Waals surface area (Å²) < 4.78 is 1.84. The first kappa shape index (κ1) is 16.9. The molecule has 0 saturated carbocycles. The lowest BCUT2D eigenvalue weighted by atomic mass is 10.1. The Balaban J connectivity index is 1.59. The Labute approximate surface area is 142 Å². The summed E-state index contributed by atoms with van der Waals surface area (Å²) >= 11 is 0. The predicted molar refractivity (Wildman–Crippen MR) is 89.5 cm³/mol. The summed E-state index contributed by atoms with van der Waals surface area (Å²) in [5.41, 5.74) is 1.36. The zero-order chi connectivity index (χ0) is 17.1. The predicted octanol–water partition coefficient (Wildman–Crippen LogP) is -0.874. The summed E-state index contributed by atoms with van der Waals surface area (Å²) in [6.07, 6.45) is 0.911. The summed E-state index contributed by atoms with van der Waals surface area (Å²) in [7, 11) is 3.93. The molecule has 2 aliphatic rings. The molecule has 0 radical (unpaired) electrons. The van der Waals surface area contributed by atoms with Crippen LogP contribution in [0.25, 0.3) is 0 Å². The van der Waals surface area contributed by atoms with Crippen LogP contribution in [0.2, 0.25) is 0 Å². The number of nitrogens with zero attached hydrogens (tertiary/aromatic N) is 4. The zero-order valence-corrected chi connectivity index (χ0v) is 14.4. The average Bonchev–Trinajstić information content (AvgIpc) is 3.22. The maximum Gasteiger partial charge on any atom is 0.271 e. The van der Waals surface area contributed by atoms with E-state index in [1.807, 2.05) is 28.6 Å². The molecule has 24 heavy (non-hydrogen) atoms. The van der Waals surface area contributed by atoms with E-state index in [1.54, 1.807) is 6.07 Å². The van der Waals surface area contributed by atoms with Gasteiger partial charge < -0.3 is 20.4 Å². The van der Waals surface area contributed by atoms with E-state index in [1.165, 1.54) is 0 Å². The van der Waals surface area contributed by atoms with Crippen molar-refractivity contribution in [3.8, 4) is 0 Å². The Bertz CT molecular complexity index is 606. The highest BCUT2D eigenvalue weighted by molar-refractivity contribution is 5.92. The van der Waals surface area contributed by atoms with Crippen LogP contribution in [0.15, 0.2) is 6.07 Å². The molecule has 0 spiro atoms. The van der Waals surface area contributed by atoms with Crippen LogP contribution in [0.5, 0.6) is 0 Å². The number of fused-ring (bicyclic) bond motifs is 1. The summed E-state index contributed by atoms with van der Waals surface area (Å²) in [4.78, 5) is 28.6. The van der Waals surface area contributed by atoms with Gasteiger partial charge in [-0.1, -0.05) is 0 Å². The fraction of sp³-hybridized carbons (Fsp3) is 0.688. The number of carbonyl (C=O) groups excluding carboxylic acids is 2. The molecule has 0 aromatic carbocycles. The molecule has 1 aromatic heterocycles. The number of rotatable bonds is 5. The van der Waals surface area contributed by atoms with Crippen molar-refractivity contribution in [2.45, 2.75) is 19.5 Å². The van der Waals surface area contributed by atoms with Gasteiger partial charge in [0.1, 0.15) is 0 Å². The van der Waals surface area contributed by atoms with Crippen LogP contribution in [-0.2, 0) is 17.9 Å². The summed E-state index contributed by atoms with van der Waals surface area (Å²) in [5.74, 6) is 0.148. The normalized spacial score (nSPS) is 20.3. The van der Waals surface area contributed by atoms with Crippen molar-refractivity contribution in [2.75, 3.05) is 46.8 Å². The number of hydrogen-bond acceptors (Lipinski definition) is 5. The molecule has 0 aliphatic carbocycles. The van der Waals surface area contributed by atoms with Gasteiger partial charge in [0, 0.05) is 26.2 Å². The highest BCUT2D eigenvalue weighted by atomic mass is 16.2. The van der Waals surface area contributed by atoms with Crippen LogP contribution < -0.4 is 10.6 Å². The van der Waals surface area contributed by atoms with E-state index in [9.17, 15) is 9.59 Å².